The highest BCUT2D eigenvalue weighted by molar-refractivity contribution is 5.91. The zero-order valence-corrected chi connectivity index (χ0v) is 12.1. The summed E-state index contributed by atoms with van der Waals surface area (Å²) in [7, 11) is 0. The standard InChI is InChI=1S/C15H21N3O3/c19-14(12-4-1-2-6-16-12)17-7-9-18(10-8-17)15(20)13-5-3-11-21-13/h3,5,11-12,16H,1-2,4,6-10H2. The average molecular weight is 291 g/mol. The van der Waals surface area contributed by atoms with E-state index < -0.39 is 0 Å². The van der Waals surface area contributed by atoms with E-state index in [1.807, 2.05) is 4.90 Å². The van der Waals surface area contributed by atoms with Gasteiger partial charge < -0.3 is 19.5 Å². The molecule has 1 aromatic rings. The van der Waals surface area contributed by atoms with E-state index in [2.05, 4.69) is 5.32 Å². The highest BCUT2D eigenvalue weighted by Crippen LogP contribution is 2.13. The van der Waals surface area contributed by atoms with E-state index in [0.29, 0.717) is 31.9 Å². The SMILES string of the molecule is O=C(c1ccco1)N1CCN(C(=O)C2CCCCN2)CC1. The third-order valence-electron chi connectivity index (χ3n) is 4.22. The van der Waals surface area contributed by atoms with Gasteiger partial charge in [-0.2, -0.15) is 0 Å². The highest BCUT2D eigenvalue weighted by Gasteiger charge is 2.30. The summed E-state index contributed by atoms with van der Waals surface area (Å²) in [5.41, 5.74) is 0. The number of amides is 2. The van der Waals surface area contributed by atoms with Gasteiger partial charge in [-0.15, -0.1) is 0 Å². The quantitative estimate of drug-likeness (QED) is 0.871. The van der Waals surface area contributed by atoms with Crippen molar-refractivity contribution in [3.05, 3.63) is 24.2 Å². The molecule has 2 amide bonds. The number of nitrogens with zero attached hydrogens (tertiary/aromatic N) is 2. The van der Waals surface area contributed by atoms with Crippen LogP contribution in [0.1, 0.15) is 29.8 Å². The second-order valence-corrected chi connectivity index (χ2v) is 5.60. The lowest BCUT2D eigenvalue weighted by Gasteiger charge is -2.37. The van der Waals surface area contributed by atoms with E-state index >= 15 is 0 Å². The Labute approximate surface area is 124 Å². The second kappa shape index (κ2) is 6.30. The molecule has 114 valence electrons. The fourth-order valence-corrected chi connectivity index (χ4v) is 2.97. The van der Waals surface area contributed by atoms with Crippen LogP contribution in [0.15, 0.2) is 22.8 Å². The van der Waals surface area contributed by atoms with Crippen molar-refractivity contribution in [1.82, 2.24) is 15.1 Å². The van der Waals surface area contributed by atoms with Gasteiger partial charge in [0.2, 0.25) is 5.91 Å². The molecule has 3 rings (SSSR count). The van der Waals surface area contributed by atoms with Crippen molar-refractivity contribution in [3.63, 3.8) is 0 Å². The maximum absolute atomic E-state index is 12.4. The van der Waals surface area contributed by atoms with Crippen LogP contribution in [0.25, 0.3) is 0 Å². The van der Waals surface area contributed by atoms with Gasteiger partial charge in [-0.1, -0.05) is 6.42 Å². The lowest BCUT2D eigenvalue weighted by atomic mass is 10.0. The fourth-order valence-electron chi connectivity index (χ4n) is 2.97. The van der Waals surface area contributed by atoms with Crippen LogP contribution >= 0.6 is 0 Å². The smallest absolute Gasteiger partial charge is 0.289 e. The molecule has 0 aromatic carbocycles. The van der Waals surface area contributed by atoms with E-state index in [1.165, 1.54) is 6.26 Å². The Balaban J connectivity index is 1.52. The van der Waals surface area contributed by atoms with Gasteiger partial charge in [-0.25, -0.2) is 0 Å². The lowest BCUT2D eigenvalue weighted by Crippen LogP contribution is -2.55. The van der Waals surface area contributed by atoms with Crippen molar-refractivity contribution >= 4 is 11.8 Å². The Hall–Kier alpha value is -1.82. The Morgan fingerprint density at radius 3 is 2.52 bits per heavy atom. The Bertz CT molecular complexity index is 486. The van der Waals surface area contributed by atoms with Gasteiger partial charge in [0, 0.05) is 26.2 Å². The number of carbonyl (C=O) groups is 2. The number of furan rings is 1. The van der Waals surface area contributed by atoms with E-state index in [-0.39, 0.29) is 17.9 Å². The maximum atomic E-state index is 12.4. The molecule has 0 radical (unpaired) electrons. The summed E-state index contributed by atoms with van der Waals surface area (Å²) in [5.74, 6) is 0.450. The van der Waals surface area contributed by atoms with Crippen LogP contribution < -0.4 is 5.32 Å². The van der Waals surface area contributed by atoms with Crippen molar-refractivity contribution in [2.24, 2.45) is 0 Å². The van der Waals surface area contributed by atoms with Crippen LogP contribution in [-0.4, -0.2) is 60.4 Å². The van der Waals surface area contributed by atoms with Gasteiger partial charge in [0.1, 0.15) is 0 Å². The van der Waals surface area contributed by atoms with Crippen molar-refractivity contribution in [1.29, 1.82) is 0 Å². The number of nitrogens with one attached hydrogen (secondary N) is 1. The largest absolute Gasteiger partial charge is 0.459 e. The van der Waals surface area contributed by atoms with Gasteiger partial charge in [-0.05, 0) is 31.5 Å². The predicted molar refractivity (Wildman–Crippen MR) is 76.8 cm³/mol. The van der Waals surface area contributed by atoms with Crippen LogP contribution in [0, 0.1) is 0 Å². The molecule has 2 fully saturated rings. The monoisotopic (exact) mass is 291 g/mol. The summed E-state index contributed by atoms with van der Waals surface area (Å²) < 4.78 is 5.14. The molecule has 1 N–H and O–H groups in total. The Morgan fingerprint density at radius 2 is 1.90 bits per heavy atom. The molecule has 6 heteroatoms. The van der Waals surface area contributed by atoms with E-state index in [0.717, 1.165) is 25.8 Å². The second-order valence-electron chi connectivity index (χ2n) is 5.60. The molecule has 1 unspecified atom stereocenters. The summed E-state index contributed by atoms with van der Waals surface area (Å²) in [6, 6.07) is 3.35. The van der Waals surface area contributed by atoms with Gasteiger partial charge in [0.25, 0.3) is 5.91 Å². The highest BCUT2D eigenvalue weighted by atomic mass is 16.3. The minimum atomic E-state index is -0.0945. The van der Waals surface area contributed by atoms with Gasteiger partial charge in [0.15, 0.2) is 5.76 Å². The number of piperazine rings is 1. The molecule has 21 heavy (non-hydrogen) atoms. The molecule has 2 aliphatic heterocycles. The number of piperidine rings is 1. The molecule has 1 aromatic heterocycles. The summed E-state index contributed by atoms with van der Waals surface area (Å²) in [5, 5.41) is 3.29. The van der Waals surface area contributed by atoms with Crippen LogP contribution in [0.3, 0.4) is 0 Å². The first-order valence-electron chi connectivity index (χ1n) is 7.60. The first kappa shape index (κ1) is 14.1. The van der Waals surface area contributed by atoms with Crippen LogP contribution in [0.2, 0.25) is 0 Å². The van der Waals surface area contributed by atoms with Crippen molar-refractivity contribution in [2.75, 3.05) is 32.7 Å². The summed E-state index contributed by atoms with van der Waals surface area (Å²) in [6.07, 6.45) is 4.68. The van der Waals surface area contributed by atoms with Crippen molar-refractivity contribution < 1.29 is 14.0 Å². The number of hydrogen-bond donors (Lipinski definition) is 1. The molecule has 6 nitrogen and oxygen atoms in total. The number of rotatable bonds is 2. The third-order valence-corrected chi connectivity index (χ3v) is 4.22. The Morgan fingerprint density at radius 1 is 1.14 bits per heavy atom. The lowest BCUT2D eigenvalue weighted by molar-refractivity contribution is -0.135. The first-order valence-corrected chi connectivity index (χ1v) is 7.60. The minimum absolute atomic E-state index is 0.0360. The predicted octanol–water partition coefficient (Wildman–Crippen LogP) is 0.706. The molecule has 1 atom stereocenters. The zero-order valence-electron chi connectivity index (χ0n) is 12.1. The van der Waals surface area contributed by atoms with Gasteiger partial charge >= 0.3 is 0 Å². The Kier molecular flexibility index (Phi) is 4.24. The zero-order chi connectivity index (χ0) is 14.7. The molecule has 0 spiro atoms. The van der Waals surface area contributed by atoms with Gasteiger partial charge in [0.05, 0.1) is 12.3 Å². The number of hydrogen-bond acceptors (Lipinski definition) is 4. The molecular weight excluding hydrogens is 270 g/mol. The van der Waals surface area contributed by atoms with E-state index in [4.69, 9.17) is 4.42 Å². The third kappa shape index (κ3) is 3.10. The van der Waals surface area contributed by atoms with Crippen molar-refractivity contribution in [3.8, 4) is 0 Å². The minimum Gasteiger partial charge on any atom is -0.459 e. The molecule has 0 saturated carbocycles. The summed E-state index contributed by atoms with van der Waals surface area (Å²) in [6.45, 7) is 3.26. The van der Waals surface area contributed by atoms with Crippen LogP contribution in [0.4, 0.5) is 0 Å². The molecule has 2 saturated heterocycles. The van der Waals surface area contributed by atoms with Crippen LogP contribution in [-0.2, 0) is 4.79 Å². The molecule has 0 aliphatic carbocycles. The van der Waals surface area contributed by atoms with Crippen LogP contribution in [0.5, 0.6) is 0 Å². The normalized spacial score (nSPS) is 23.1. The number of carbonyl (C=O) groups excluding carboxylic acids is 2. The molecule has 0 bridgehead atoms. The van der Waals surface area contributed by atoms with Gasteiger partial charge in [-0.3, -0.25) is 9.59 Å². The van der Waals surface area contributed by atoms with E-state index in [9.17, 15) is 9.59 Å². The van der Waals surface area contributed by atoms with Crippen molar-refractivity contribution in [2.45, 2.75) is 25.3 Å². The summed E-state index contributed by atoms with van der Waals surface area (Å²) >= 11 is 0. The molecule has 3 heterocycles. The average Bonchev–Trinajstić information content (AvgIpc) is 3.09. The molecule has 2 aliphatic rings. The maximum Gasteiger partial charge on any atom is 0.289 e. The van der Waals surface area contributed by atoms with E-state index in [1.54, 1.807) is 17.0 Å². The molecular formula is C15H21N3O3. The fraction of sp³-hybridized carbons (Fsp3) is 0.600. The first-order chi connectivity index (χ1) is 10.3. The summed E-state index contributed by atoms with van der Waals surface area (Å²) in [4.78, 5) is 28.2. The topological polar surface area (TPSA) is 65.8 Å².